The number of halogens is 1. The van der Waals surface area contributed by atoms with Gasteiger partial charge in [0.1, 0.15) is 0 Å². The summed E-state index contributed by atoms with van der Waals surface area (Å²) >= 11 is 3.01. The topological polar surface area (TPSA) is 119 Å². The number of rotatable bonds is 3. The van der Waals surface area contributed by atoms with E-state index in [0.717, 1.165) is 7.11 Å². The molecule has 1 heterocycles. The molecule has 3 unspecified atom stereocenters. The Morgan fingerprint density at radius 2 is 2.33 bits per heavy atom. The largest absolute Gasteiger partial charge is 0.629 e. The zero-order valence-corrected chi connectivity index (χ0v) is 11.1. The van der Waals surface area contributed by atoms with E-state index in [9.17, 15) is 14.4 Å². The van der Waals surface area contributed by atoms with Gasteiger partial charge in [-0.05, 0) is 0 Å². The molecule has 3 atom stereocenters. The minimum atomic E-state index is -4.90. The Hall–Kier alpha value is 0.900. The summed E-state index contributed by atoms with van der Waals surface area (Å²) < 4.78 is 20.9. The SMILES string of the molecule is COC1([P+]([O-])(O)O)CC(CBr)OP1(=O)O. The first kappa shape index (κ1) is 14.0. The minimum Gasteiger partial charge on any atom is -0.629 e. The van der Waals surface area contributed by atoms with Gasteiger partial charge in [-0.1, -0.05) is 15.9 Å². The Labute approximate surface area is 95.3 Å². The lowest BCUT2D eigenvalue weighted by Gasteiger charge is -2.33. The predicted octanol–water partition coefficient (Wildman–Crippen LogP) is -0.237. The van der Waals surface area contributed by atoms with Gasteiger partial charge in [0.15, 0.2) is 0 Å². The summed E-state index contributed by atoms with van der Waals surface area (Å²) in [5.74, 6) is 0. The first-order chi connectivity index (χ1) is 6.70. The molecular formula is C5H11BrO7P2. The Balaban J connectivity index is 3.15. The number of hydrogen-bond donors (Lipinski definition) is 3. The van der Waals surface area contributed by atoms with Crippen molar-refractivity contribution in [2.75, 3.05) is 12.4 Å². The molecule has 0 amide bonds. The number of methoxy groups -OCH3 is 1. The highest BCUT2D eigenvalue weighted by Crippen LogP contribution is 2.79. The molecule has 0 radical (unpaired) electrons. The van der Waals surface area contributed by atoms with Gasteiger partial charge in [-0.2, -0.15) is 0 Å². The van der Waals surface area contributed by atoms with Crippen molar-refractivity contribution in [2.45, 2.75) is 17.6 Å². The van der Waals surface area contributed by atoms with E-state index in [2.05, 4.69) is 25.2 Å². The first-order valence-corrected chi connectivity index (χ1v) is 8.19. The Kier molecular flexibility index (Phi) is 3.99. The molecule has 1 aliphatic heterocycles. The van der Waals surface area contributed by atoms with Gasteiger partial charge in [0.2, 0.25) is 0 Å². The summed E-state index contributed by atoms with van der Waals surface area (Å²) in [5.41, 5.74) is 0. The fourth-order valence-corrected chi connectivity index (χ4v) is 5.50. The quantitative estimate of drug-likeness (QED) is 0.484. The molecule has 1 fully saturated rings. The Morgan fingerprint density at radius 3 is 2.53 bits per heavy atom. The van der Waals surface area contributed by atoms with Crippen molar-refractivity contribution in [3.63, 3.8) is 0 Å². The molecule has 1 saturated heterocycles. The highest BCUT2D eigenvalue weighted by atomic mass is 79.9. The van der Waals surface area contributed by atoms with Gasteiger partial charge in [-0.15, -0.1) is 0 Å². The number of ether oxygens (including phenoxy) is 1. The van der Waals surface area contributed by atoms with Crippen molar-refractivity contribution >= 4 is 31.5 Å². The van der Waals surface area contributed by atoms with E-state index in [-0.39, 0.29) is 11.8 Å². The van der Waals surface area contributed by atoms with Crippen LogP contribution in [0.3, 0.4) is 0 Å². The van der Waals surface area contributed by atoms with Crippen LogP contribution in [0.25, 0.3) is 0 Å². The van der Waals surface area contributed by atoms with Gasteiger partial charge in [0.05, 0.1) is 12.5 Å². The summed E-state index contributed by atoms with van der Waals surface area (Å²) in [5, 5.41) is -2.24. The maximum absolute atomic E-state index is 11.6. The molecule has 15 heavy (non-hydrogen) atoms. The lowest BCUT2D eigenvalue weighted by atomic mass is 10.3. The molecule has 0 spiro atoms. The predicted molar refractivity (Wildman–Crippen MR) is 54.2 cm³/mol. The van der Waals surface area contributed by atoms with Crippen LogP contribution in [0.1, 0.15) is 6.42 Å². The molecular weight excluding hydrogens is 314 g/mol. The zero-order chi connectivity index (χ0) is 11.9. The molecule has 0 aromatic heterocycles. The smallest absolute Gasteiger partial charge is 0.404 e. The molecule has 0 aliphatic carbocycles. The summed E-state index contributed by atoms with van der Waals surface area (Å²) in [7, 11) is -8.42. The highest BCUT2D eigenvalue weighted by Gasteiger charge is 2.72. The molecule has 0 bridgehead atoms. The second-order valence-electron chi connectivity index (χ2n) is 3.10. The molecule has 90 valence electrons. The van der Waals surface area contributed by atoms with Crippen LogP contribution < -0.4 is 4.89 Å². The van der Waals surface area contributed by atoms with Gasteiger partial charge < -0.3 is 14.5 Å². The summed E-state index contributed by atoms with van der Waals surface area (Å²) in [6.07, 6.45) is -1.08. The highest BCUT2D eigenvalue weighted by molar-refractivity contribution is 9.09. The van der Waals surface area contributed by atoms with E-state index in [0.29, 0.717) is 0 Å². The van der Waals surface area contributed by atoms with Crippen LogP contribution in [0.5, 0.6) is 0 Å². The zero-order valence-electron chi connectivity index (χ0n) is 7.74. The monoisotopic (exact) mass is 324 g/mol. The maximum Gasteiger partial charge on any atom is 0.404 e. The summed E-state index contributed by atoms with van der Waals surface area (Å²) in [6, 6.07) is 0. The van der Waals surface area contributed by atoms with E-state index >= 15 is 0 Å². The molecule has 1 rings (SSSR count). The van der Waals surface area contributed by atoms with E-state index in [1.165, 1.54) is 0 Å². The fourth-order valence-electron chi connectivity index (χ4n) is 1.42. The van der Waals surface area contributed by atoms with Gasteiger partial charge in [-0.25, -0.2) is 9.79 Å². The lowest BCUT2D eigenvalue weighted by Crippen LogP contribution is -2.37. The van der Waals surface area contributed by atoms with Crippen LogP contribution in [0.15, 0.2) is 0 Å². The Morgan fingerprint density at radius 1 is 1.80 bits per heavy atom. The van der Waals surface area contributed by atoms with E-state index < -0.39 is 26.7 Å². The van der Waals surface area contributed by atoms with Gasteiger partial charge in [0, 0.05) is 12.4 Å². The number of alkyl halides is 1. The van der Waals surface area contributed by atoms with Crippen LogP contribution in [-0.2, 0) is 13.8 Å². The van der Waals surface area contributed by atoms with Crippen molar-refractivity contribution in [3.05, 3.63) is 0 Å². The van der Waals surface area contributed by atoms with Gasteiger partial charge in [-0.3, -0.25) is 9.09 Å². The van der Waals surface area contributed by atoms with Crippen molar-refractivity contribution in [1.29, 1.82) is 0 Å². The number of hydrogen-bond acceptors (Lipinski definition) is 6. The van der Waals surface area contributed by atoms with Crippen molar-refractivity contribution < 1.29 is 33.4 Å². The molecule has 10 heteroatoms. The average molecular weight is 325 g/mol. The van der Waals surface area contributed by atoms with Crippen LogP contribution in [0, 0.1) is 0 Å². The van der Waals surface area contributed by atoms with Crippen molar-refractivity contribution in [1.82, 2.24) is 0 Å². The Bertz CT molecular complexity index is 292. The van der Waals surface area contributed by atoms with E-state index in [4.69, 9.17) is 9.79 Å². The van der Waals surface area contributed by atoms with Crippen LogP contribution >= 0.6 is 31.5 Å². The van der Waals surface area contributed by atoms with Gasteiger partial charge in [0.25, 0.3) is 7.94 Å². The molecule has 7 nitrogen and oxygen atoms in total. The third-order valence-corrected chi connectivity index (χ3v) is 7.55. The van der Waals surface area contributed by atoms with Crippen LogP contribution in [0.2, 0.25) is 0 Å². The average Bonchev–Trinajstić information content (AvgIpc) is 2.36. The minimum absolute atomic E-state index is 0.197. The molecule has 0 aromatic carbocycles. The normalized spacial score (nSPS) is 42.1. The lowest BCUT2D eigenvalue weighted by molar-refractivity contribution is -0.222. The fraction of sp³-hybridized carbons (Fsp3) is 1.00. The first-order valence-electron chi connectivity index (χ1n) is 3.88. The molecule has 0 aromatic rings. The van der Waals surface area contributed by atoms with Crippen molar-refractivity contribution in [2.24, 2.45) is 0 Å². The van der Waals surface area contributed by atoms with Gasteiger partial charge >= 0.3 is 12.7 Å². The van der Waals surface area contributed by atoms with Crippen molar-refractivity contribution in [3.8, 4) is 0 Å². The third-order valence-electron chi connectivity index (χ3n) is 2.18. The summed E-state index contributed by atoms with van der Waals surface area (Å²) in [4.78, 5) is 38.8. The van der Waals surface area contributed by atoms with Crippen LogP contribution in [-0.4, -0.2) is 38.3 Å². The van der Waals surface area contributed by atoms with Crippen LogP contribution in [0.4, 0.5) is 0 Å². The standard InChI is InChI=1S/C5H11BrO7P2/c1-12-5(14(7,8)9)2-4(3-6)13-15(5,10)11/h4H,2-3H2,1H3,(H,10,11)(H2,7,8,9). The molecule has 1 aliphatic rings. The van der Waals surface area contributed by atoms with E-state index in [1.807, 2.05) is 0 Å². The second-order valence-corrected chi connectivity index (χ2v) is 7.88. The summed E-state index contributed by atoms with van der Waals surface area (Å²) in [6.45, 7) is 0. The maximum atomic E-state index is 11.6. The third kappa shape index (κ3) is 2.16. The molecule has 0 saturated carbocycles. The molecule has 3 N–H and O–H groups in total. The van der Waals surface area contributed by atoms with E-state index in [1.54, 1.807) is 0 Å². The second kappa shape index (κ2) is 4.29.